The summed E-state index contributed by atoms with van der Waals surface area (Å²) in [5, 5.41) is 10.9. The first kappa shape index (κ1) is 14.8. The van der Waals surface area contributed by atoms with E-state index < -0.39 is 4.92 Å². The highest BCUT2D eigenvalue weighted by atomic mass is 16.6. The predicted octanol–water partition coefficient (Wildman–Crippen LogP) is 2.53. The molecule has 0 radical (unpaired) electrons. The van der Waals surface area contributed by atoms with Crippen molar-refractivity contribution in [3.63, 3.8) is 0 Å². The van der Waals surface area contributed by atoms with E-state index in [1.54, 1.807) is 42.3 Å². The molecule has 0 unspecified atom stereocenters. The van der Waals surface area contributed by atoms with Gasteiger partial charge in [0.25, 0.3) is 11.6 Å². The number of amides is 1. The zero-order chi connectivity index (χ0) is 16.4. The van der Waals surface area contributed by atoms with Gasteiger partial charge >= 0.3 is 0 Å². The van der Waals surface area contributed by atoms with Gasteiger partial charge in [0.2, 0.25) is 0 Å². The third kappa shape index (κ3) is 2.94. The minimum atomic E-state index is -0.455. The summed E-state index contributed by atoms with van der Waals surface area (Å²) in [6.45, 7) is 0.165. The van der Waals surface area contributed by atoms with Gasteiger partial charge in [0.05, 0.1) is 24.3 Å². The molecule has 0 aliphatic carbocycles. The number of carbonyl (C=O) groups is 1. The molecule has 23 heavy (non-hydrogen) atoms. The Labute approximate surface area is 132 Å². The van der Waals surface area contributed by atoms with Crippen LogP contribution in [-0.4, -0.2) is 24.5 Å². The van der Waals surface area contributed by atoms with Crippen LogP contribution in [0.5, 0.6) is 11.5 Å². The summed E-state index contributed by atoms with van der Waals surface area (Å²) in [5.74, 6) is 0.983. The fraction of sp³-hybridized carbons (Fsp3) is 0.188. The van der Waals surface area contributed by atoms with Gasteiger partial charge in [0.15, 0.2) is 6.61 Å². The van der Waals surface area contributed by atoms with Gasteiger partial charge in [-0.25, -0.2) is 0 Å². The summed E-state index contributed by atoms with van der Waals surface area (Å²) in [6.07, 6.45) is 0. The van der Waals surface area contributed by atoms with Crippen molar-refractivity contribution in [3.8, 4) is 11.5 Å². The molecule has 0 N–H and O–H groups in total. The number of hydrogen-bond donors (Lipinski definition) is 0. The molecule has 7 heteroatoms. The van der Waals surface area contributed by atoms with Crippen LogP contribution in [0.3, 0.4) is 0 Å². The van der Waals surface area contributed by atoms with Gasteiger partial charge in [-0.15, -0.1) is 0 Å². The van der Waals surface area contributed by atoms with E-state index in [2.05, 4.69) is 0 Å². The first-order valence-electron chi connectivity index (χ1n) is 6.93. The van der Waals surface area contributed by atoms with Crippen molar-refractivity contribution in [2.24, 2.45) is 0 Å². The molecule has 0 saturated heterocycles. The second-order valence-corrected chi connectivity index (χ2v) is 5.03. The Balaban J connectivity index is 1.92. The minimum absolute atomic E-state index is 0.00170. The van der Waals surface area contributed by atoms with E-state index in [4.69, 9.17) is 9.47 Å². The van der Waals surface area contributed by atoms with Crippen LogP contribution in [0.4, 0.5) is 11.4 Å². The van der Waals surface area contributed by atoms with Gasteiger partial charge in [0, 0.05) is 18.2 Å². The van der Waals surface area contributed by atoms with Crippen LogP contribution in [0, 0.1) is 10.1 Å². The van der Waals surface area contributed by atoms with Crippen molar-refractivity contribution in [1.29, 1.82) is 0 Å². The van der Waals surface area contributed by atoms with Gasteiger partial charge in [-0.05, 0) is 17.7 Å². The Bertz CT molecular complexity index is 775. The number of benzene rings is 2. The fourth-order valence-corrected chi connectivity index (χ4v) is 2.44. The lowest BCUT2D eigenvalue weighted by Crippen LogP contribution is -2.38. The lowest BCUT2D eigenvalue weighted by molar-refractivity contribution is -0.384. The molecule has 1 aliphatic heterocycles. The maximum absolute atomic E-state index is 12.2. The number of hydrogen-bond acceptors (Lipinski definition) is 5. The highest BCUT2D eigenvalue weighted by molar-refractivity contribution is 5.97. The number of nitro groups is 1. The molecule has 1 heterocycles. The SMILES string of the molecule is COc1ccc2c(c1)OCC(=O)N2Cc1cccc([N+](=O)[O-])c1. The number of ether oxygens (including phenoxy) is 2. The number of methoxy groups -OCH3 is 1. The minimum Gasteiger partial charge on any atom is -0.497 e. The molecule has 3 rings (SSSR count). The van der Waals surface area contributed by atoms with Crippen molar-refractivity contribution < 1.29 is 19.2 Å². The number of anilines is 1. The summed E-state index contributed by atoms with van der Waals surface area (Å²) in [6, 6.07) is 11.4. The van der Waals surface area contributed by atoms with Crippen LogP contribution in [0.2, 0.25) is 0 Å². The van der Waals surface area contributed by atoms with Gasteiger partial charge in [-0.1, -0.05) is 12.1 Å². The predicted molar refractivity (Wildman–Crippen MR) is 82.8 cm³/mol. The zero-order valence-corrected chi connectivity index (χ0v) is 12.4. The van der Waals surface area contributed by atoms with E-state index in [1.165, 1.54) is 12.1 Å². The molecule has 118 valence electrons. The number of rotatable bonds is 4. The summed E-state index contributed by atoms with van der Waals surface area (Å²) < 4.78 is 10.6. The molecule has 0 saturated carbocycles. The van der Waals surface area contributed by atoms with E-state index in [9.17, 15) is 14.9 Å². The van der Waals surface area contributed by atoms with E-state index in [0.717, 1.165) is 0 Å². The van der Waals surface area contributed by atoms with Crippen LogP contribution in [0.15, 0.2) is 42.5 Å². The van der Waals surface area contributed by atoms with E-state index in [0.29, 0.717) is 22.7 Å². The van der Waals surface area contributed by atoms with Crippen LogP contribution in [0.25, 0.3) is 0 Å². The Hall–Kier alpha value is -3.09. The van der Waals surface area contributed by atoms with E-state index in [-0.39, 0.29) is 24.7 Å². The fourth-order valence-electron chi connectivity index (χ4n) is 2.44. The Morgan fingerprint density at radius 2 is 2.13 bits per heavy atom. The van der Waals surface area contributed by atoms with Crippen molar-refractivity contribution in [3.05, 3.63) is 58.1 Å². The van der Waals surface area contributed by atoms with Crippen molar-refractivity contribution in [1.82, 2.24) is 0 Å². The molecule has 2 aromatic carbocycles. The number of non-ortho nitro benzene ring substituents is 1. The highest BCUT2D eigenvalue weighted by Gasteiger charge is 2.26. The van der Waals surface area contributed by atoms with Crippen molar-refractivity contribution in [2.45, 2.75) is 6.54 Å². The van der Waals surface area contributed by atoms with Gasteiger partial charge in [-0.2, -0.15) is 0 Å². The summed E-state index contributed by atoms with van der Waals surface area (Å²) in [4.78, 5) is 24.1. The van der Waals surface area contributed by atoms with Crippen molar-refractivity contribution in [2.75, 3.05) is 18.6 Å². The van der Waals surface area contributed by atoms with Crippen LogP contribution >= 0.6 is 0 Å². The molecule has 1 aliphatic rings. The topological polar surface area (TPSA) is 81.9 Å². The Morgan fingerprint density at radius 3 is 2.87 bits per heavy atom. The van der Waals surface area contributed by atoms with Crippen LogP contribution in [-0.2, 0) is 11.3 Å². The third-order valence-electron chi connectivity index (χ3n) is 3.57. The summed E-state index contributed by atoms with van der Waals surface area (Å²) >= 11 is 0. The Morgan fingerprint density at radius 1 is 1.30 bits per heavy atom. The summed E-state index contributed by atoms with van der Waals surface area (Å²) in [7, 11) is 1.55. The average molecular weight is 314 g/mol. The van der Waals surface area contributed by atoms with Crippen molar-refractivity contribution >= 4 is 17.3 Å². The molecule has 7 nitrogen and oxygen atoms in total. The normalized spacial score (nSPS) is 13.3. The zero-order valence-electron chi connectivity index (χ0n) is 12.4. The standard InChI is InChI=1S/C16H14N2O5/c1-22-13-5-6-14-15(8-13)23-10-16(19)17(14)9-11-3-2-4-12(7-11)18(20)21/h2-8H,9-10H2,1H3. The monoisotopic (exact) mass is 314 g/mol. The first-order chi connectivity index (χ1) is 11.1. The quantitative estimate of drug-likeness (QED) is 0.640. The van der Waals surface area contributed by atoms with Crippen LogP contribution in [0.1, 0.15) is 5.56 Å². The lowest BCUT2D eigenvalue weighted by atomic mass is 10.1. The number of nitro benzene ring substituents is 1. The second-order valence-electron chi connectivity index (χ2n) is 5.03. The summed E-state index contributed by atoms with van der Waals surface area (Å²) in [5.41, 5.74) is 1.29. The molecular weight excluding hydrogens is 300 g/mol. The molecular formula is C16H14N2O5. The van der Waals surface area contributed by atoms with Gasteiger partial charge < -0.3 is 14.4 Å². The van der Waals surface area contributed by atoms with Crippen LogP contribution < -0.4 is 14.4 Å². The Kier molecular flexibility index (Phi) is 3.84. The molecule has 0 spiro atoms. The molecule has 0 bridgehead atoms. The molecule has 0 fully saturated rings. The smallest absolute Gasteiger partial charge is 0.269 e. The largest absolute Gasteiger partial charge is 0.497 e. The highest BCUT2D eigenvalue weighted by Crippen LogP contribution is 2.36. The number of fused-ring (bicyclic) bond motifs is 1. The first-order valence-corrected chi connectivity index (χ1v) is 6.93. The maximum atomic E-state index is 12.2. The lowest BCUT2D eigenvalue weighted by Gasteiger charge is -2.29. The molecule has 1 amide bonds. The van der Waals surface area contributed by atoms with E-state index >= 15 is 0 Å². The van der Waals surface area contributed by atoms with Gasteiger partial charge in [0.1, 0.15) is 11.5 Å². The maximum Gasteiger partial charge on any atom is 0.269 e. The molecule has 2 aromatic rings. The average Bonchev–Trinajstić information content (AvgIpc) is 2.57. The molecule has 0 atom stereocenters. The van der Waals surface area contributed by atoms with Gasteiger partial charge in [-0.3, -0.25) is 14.9 Å². The number of carbonyl (C=O) groups excluding carboxylic acids is 1. The van der Waals surface area contributed by atoms with E-state index in [1.807, 2.05) is 0 Å². The second kappa shape index (κ2) is 5.96. The third-order valence-corrected chi connectivity index (χ3v) is 3.57. The molecule has 0 aromatic heterocycles. The number of nitrogens with zero attached hydrogens (tertiary/aromatic N) is 2.